The zero-order valence-electron chi connectivity index (χ0n) is 19.5. The van der Waals surface area contributed by atoms with Crippen LogP contribution in [0.3, 0.4) is 0 Å². The Morgan fingerprint density at radius 1 is 1.24 bits per heavy atom. The predicted molar refractivity (Wildman–Crippen MR) is 124 cm³/mol. The molecule has 33 heavy (non-hydrogen) atoms. The lowest BCUT2D eigenvalue weighted by Gasteiger charge is -2.36. The molecular weight excluding hydrogens is 420 g/mol. The van der Waals surface area contributed by atoms with E-state index < -0.39 is 10.8 Å². The molecule has 1 unspecified atom stereocenters. The molecule has 3 aromatic rings. The normalized spacial score (nSPS) is 16.7. The number of hydrogen-bond donors (Lipinski definition) is 2. The number of carbonyl (C=O) groups excluding carboxylic acids is 1. The molecule has 3 heterocycles. The molecule has 1 aliphatic carbocycles. The maximum atomic E-state index is 13.4. The smallest absolute Gasteiger partial charge is 0.227 e. The summed E-state index contributed by atoms with van der Waals surface area (Å²) in [4.78, 5) is 25.7. The van der Waals surface area contributed by atoms with E-state index in [0.717, 1.165) is 24.9 Å². The summed E-state index contributed by atoms with van der Waals surface area (Å²) in [6, 6.07) is 6.66. The van der Waals surface area contributed by atoms with Crippen molar-refractivity contribution in [2.75, 3.05) is 0 Å². The van der Waals surface area contributed by atoms with Crippen molar-refractivity contribution in [3.05, 3.63) is 58.0 Å². The van der Waals surface area contributed by atoms with Gasteiger partial charge in [0.25, 0.3) is 0 Å². The van der Waals surface area contributed by atoms with Crippen molar-refractivity contribution < 1.29 is 14.3 Å². The molecule has 1 amide bonds. The van der Waals surface area contributed by atoms with Gasteiger partial charge in [-0.15, -0.1) is 10.2 Å². The van der Waals surface area contributed by atoms with Crippen LogP contribution in [0.15, 0.2) is 39.7 Å². The van der Waals surface area contributed by atoms with Gasteiger partial charge in [0.2, 0.25) is 17.1 Å². The number of rotatable bonds is 7. The van der Waals surface area contributed by atoms with Gasteiger partial charge in [0.1, 0.15) is 5.76 Å². The van der Waals surface area contributed by atoms with E-state index in [9.17, 15) is 14.7 Å². The summed E-state index contributed by atoms with van der Waals surface area (Å²) in [7, 11) is 0. The third-order valence-corrected chi connectivity index (χ3v) is 6.53. The molecule has 176 valence electrons. The molecule has 1 fully saturated rings. The highest BCUT2D eigenvalue weighted by Crippen LogP contribution is 2.45. The number of pyridine rings is 1. The average molecular weight is 453 g/mol. The van der Waals surface area contributed by atoms with E-state index in [2.05, 4.69) is 29.4 Å². The average Bonchev–Trinajstić information content (AvgIpc) is 3.20. The van der Waals surface area contributed by atoms with Gasteiger partial charge >= 0.3 is 0 Å². The minimum atomic E-state index is -0.702. The Morgan fingerprint density at radius 2 is 2.00 bits per heavy atom. The first kappa shape index (κ1) is 23.0. The Hall–Kier alpha value is -3.16. The number of nitrogens with zero attached hydrogens (tertiary/aromatic N) is 3. The fourth-order valence-electron chi connectivity index (χ4n) is 5.03. The van der Waals surface area contributed by atoms with Gasteiger partial charge in [0, 0.05) is 24.1 Å². The number of hydrogen-bond acceptors (Lipinski definition) is 6. The second-order valence-corrected chi connectivity index (χ2v) is 9.65. The zero-order chi connectivity index (χ0) is 23.6. The summed E-state index contributed by atoms with van der Waals surface area (Å²) >= 11 is 0. The van der Waals surface area contributed by atoms with Crippen molar-refractivity contribution in [1.82, 2.24) is 19.9 Å². The molecule has 1 atom stereocenters. The van der Waals surface area contributed by atoms with Gasteiger partial charge in [-0.05, 0) is 44.2 Å². The van der Waals surface area contributed by atoms with Crippen LogP contribution in [0.5, 0.6) is 5.75 Å². The van der Waals surface area contributed by atoms with Crippen molar-refractivity contribution in [2.45, 2.75) is 77.2 Å². The van der Waals surface area contributed by atoms with E-state index in [1.54, 1.807) is 6.92 Å². The van der Waals surface area contributed by atoms with Crippen LogP contribution in [0.1, 0.15) is 82.2 Å². The first-order valence-corrected chi connectivity index (χ1v) is 11.7. The number of aromatic nitrogens is 3. The van der Waals surface area contributed by atoms with Gasteiger partial charge in [-0.2, -0.15) is 0 Å². The highest BCUT2D eigenvalue weighted by Gasteiger charge is 2.41. The van der Waals surface area contributed by atoms with E-state index in [1.165, 1.54) is 6.07 Å². The van der Waals surface area contributed by atoms with Crippen molar-refractivity contribution in [1.29, 1.82) is 0 Å². The van der Waals surface area contributed by atoms with Crippen LogP contribution in [-0.4, -0.2) is 25.6 Å². The fraction of sp³-hybridized carbons (Fsp3) is 0.520. The van der Waals surface area contributed by atoms with Gasteiger partial charge in [0.05, 0.1) is 6.04 Å². The largest absolute Gasteiger partial charge is 0.502 e. The summed E-state index contributed by atoms with van der Waals surface area (Å²) in [5.74, 6) is 1.17. The van der Waals surface area contributed by atoms with Gasteiger partial charge in [-0.1, -0.05) is 39.2 Å². The second-order valence-electron chi connectivity index (χ2n) is 9.65. The summed E-state index contributed by atoms with van der Waals surface area (Å²) in [5.41, 5.74) is -0.440. The molecule has 0 aromatic carbocycles. The van der Waals surface area contributed by atoms with E-state index >= 15 is 0 Å². The lowest BCUT2D eigenvalue weighted by atomic mass is 9.69. The molecule has 4 rings (SSSR count). The van der Waals surface area contributed by atoms with Crippen molar-refractivity contribution >= 4 is 11.6 Å². The van der Waals surface area contributed by atoms with E-state index in [-0.39, 0.29) is 29.9 Å². The summed E-state index contributed by atoms with van der Waals surface area (Å²) in [6.07, 6.45) is 6.99. The van der Waals surface area contributed by atoms with Crippen LogP contribution in [0, 0.1) is 12.8 Å². The number of carbonyl (C=O) groups is 1. The minimum Gasteiger partial charge on any atom is -0.502 e. The Morgan fingerprint density at radius 3 is 2.73 bits per heavy atom. The zero-order valence-corrected chi connectivity index (χ0v) is 19.5. The molecule has 2 N–H and O–H groups in total. The molecule has 1 saturated carbocycles. The molecule has 1 aliphatic rings. The molecule has 3 aromatic heterocycles. The van der Waals surface area contributed by atoms with Gasteiger partial charge in [-0.3, -0.25) is 14.0 Å². The van der Waals surface area contributed by atoms with Gasteiger partial charge in [0.15, 0.2) is 17.2 Å². The van der Waals surface area contributed by atoms with Gasteiger partial charge < -0.3 is 14.8 Å². The Bertz CT molecular complexity index is 1190. The van der Waals surface area contributed by atoms with E-state index in [0.29, 0.717) is 36.8 Å². The molecule has 0 radical (unpaired) electrons. The molecule has 0 spiro atoms. The van der Waals surface area contributed by atoms with Crippen LogP contribution in [-0.2, 0) is 10.2 Å². The first-order valence-electron chi connectivity index (χ1n) is 11.7. The third-order valence-electron chi connectivity index (χ3n) is 6.53. The van der Waals surface area contributed by atoms with Crippen LogP contribution in [0.25, 0.3) is 5.65 Å². The van der Waals surface area contributed by atoms with Crippen molar-refractivity contribution in [2.24, 2.45) is 5.92 Å². The monoisotopic (exact) mass is 452 g/mol. The molecule has 8 heteroatoms. The number of amides is 1. The molecule has 0 aliphatic heterocycles. The Kier molecular flexibility index (Phi) is 6.54. The Labute approximate surface area is 193 Å². The summed E-state index contributed by atoms with van der Waals surface area (Å²) < 4.78 is 7.77. The van der Waals surface area contributed by atoms with Crippen LogP contribution >= 0.6 is 0 Å². The predicted octanol–water partition coefficient (Wildman–Crippen LogP) is 4.19. The fourth-order valence-corrected chi connectivity index (χ4v) is 5.03. The molecule has 8 nitrogen and oxygen atoms in total. The standard InChI is InChI=1S/C25H32N4O4/c1-16(2)13-18(24-28-27-20-9-5-8-12-29(20)24)26-21(31)15-25(10-6-4-7-11-25)23-22(32)19(30)14-17(3)33-23/h5,8-9,12,14,16,18,32H,4,6-7,10-11,13,15H2,1-3H3,(H,26,31). The maximum absolute atomic E-state index is 13.4. The van der Waals surface area contributed by atoms with Gasteiger partial charge in [-0.25, -0.2) is 0 Å². The van der Waals surface area contributed by atoms with Crippen LogP contribution in [0.2, 0.25) is 0 Å². The number of aromatic hydroxyl groups is 1. The topological polar surface area (TPSA) is 110 Å². The van der Waals surface area contributed by atoms with E-state index in [4.69, 9.17) is 4.42 Å². The molecule has 0 saturated heterocycles. The number of fused-ring (bicyclic) bond motifs is 1. The highest BCUT2D eigenvalue weighted by molar-refractivity contribution is 5.78. The van der Waals surface area contributed by atoms with Crippen molar-refractivity contribution in [3.8, 4) is 5.75 Å². The lowest BCUT2D eigenvalue weighted by Crippen LogP contribution is -2.39. The maximum Gasteiger partial charge on any atom is 0.227 e. The van der Waals surface area contributed by atoms with E-state index in [1.807, 2.05) is 28.8 Å². The van der Waals surface area contributed by atoms with Crippen molar-refractivity contribution in [3.63, 3.8) is 0 Å². The highest BCUT2D eigenvalue weighted by atomic mass is 16.4. The second kappa shape index (κ2) is 9.37. The van der Waals surface area contributed by atoms with Crippen LogP contribution in [0.4, 0.5) is 0 Å². The first-order chi connectivity index (χ1) is 15.8. The SMILES string of the molecule is Cc1cc(=O)c(O)c(C2(CC(=O)NC(CC(C)C)c3nnc4ccccn34)CCCCC2)o1. The molecule has 0 bridgehead atoms. The minimum absolute atomic E-state index is 0.137. The number of nitrogens with one attached hydrogen (secondary N) is 1. The number of aryl methyl sites for hydroxylation is 1. The Balaban J connectivity index is 1.64. The van der Waals surface area contributed by atoms with Crippen LogP contribution < -0.4 is 10.7 Å². The lowest BCUT2D eigenvalue weighted by molar-refractivity contribution is -0.123. The third kappa shape index (κ3) is 4.79. The quantitative estimate of drug-likeness (QED) is 0.556. The summed E-state index contributed by atoms with van der Waals surface area (Å²) in [5, 5.41) is 22.3. The summed E-state index contributed by atoms with van der Waals surface area (Å²) in [6.45, 7) is 5.89. The molecular formula is C25H32N4O4.